The lowest BCUT2D eigenvalue weighted by molar-refractivity contribution is -0.152. The number of unbranched alkanes of at least 4 members (excludes halogenated alkanes) is 2. The number of amides is 15. The third-order valence-electron chi connectivity index (χ3n) is 23.8. The zero-order valence-electron chi connectivity index (χ0n) is 76.1. The highest BCUT2D eigenvalue weighted by atomic mass is 32.2. The third-order valence-corrected chi connectivity index (χ3v) is 24.9. The summed E-state index contributed by atoms with van der Waals surface area (Å²) >= 11 is 0.623. The molecule has 0 saturated carbocycles. The predicted octanol–water partition coefficient (Wildman–Crippen LogP) is 1.18. The first-order valence-corrected chi connectivity index (χ1v) is 45.8. The van der Waals surface area contributed by atoms with Crippen LogP contribution >= 0.6 is 11.8 Å². The summed E-state index contributed by atoms with van der Waals surface area (Å²) in [5, 5.41) is 54.6. The number of carboxylic acids is 2. The van der Waals surface area contributed by atoms with E-state index in [1.807, 2.05) is 0 Å². The first-order valence-electron chi connectivity index (χ1n) is 44.7. The summed E-state index contributed by atoms with van der Waals surface area (Å²) in [4.78, 5) is 258. The van der Waals surface area contributed by atoms with E-state index in [9.17, 15) is 57.7 Å². The Hall–Kier alpha value is -13.6. The fraction of sp³-hybridized carbons (Fsp3) is 0.473. The number of thioether (sulfide) groups is 1. The number of likely N-dealkylation sites (N-methyl/N-ethyl adjacent to an activating group) is 3. The van der Waals surface area contributed by atoms with Gasteiger partial charge in [-0.15, -0.1) is 11.8 Å². The van der Waals surface area contributed by atoms with E-state index in [2.05, 4.69) is 52.8 Å². The number of halogens is 4. The second-order valence-corrected chi connectivity index (χ2v) is 35.1. The molecule has 136 heavy (non-hydrogen) atoms. The van der Waals surface area contributed by atoms with Gasteiger partial charge in [-0.2, -0.15) is 0 Å². The Kier molecular flexibility index (Phi) is 39.5. The number of carbonyl (C=O) groups is 17. The van der Waals surface area contributed by atoms with E-state index in [0.29, 0.717) is 57.9 Å². The van der Waals surface area contributed by atoms with E-state index < -0.39 is 277 Å². The molecular formula is C93H117F4N17O21S. The molecule has 5 aromatic carbocycles. The predicted molar refractivity (Wildman–Crippen MR) is 486 cm³/mol. The molecule has 0 bridgehead atoms. The van der Waals surface area contributed by atoms with Gasteiger partial charge in [0.2, 0.25) is 88.6 Å². The summed E-state index contributed by atoms with van der Waals surface area (Å²) in [5.41, 5.74) is 12.9. The Morgan fingerprint density at radius 1 is 0.537 bits per heavy atom. The number of H-pyrrole nitrogens is 1. The second-order valence-electron chi connectivity index (χ2n) is 34.1. The van der Waals surface area contributed by atoms with E-state index in [4.69, 9.17) is 16.2 Å². The van der Waals surface area contributed by atoms with Gasteiger partial charge in [-0.25, -0.2) is 17.6 Å². The quantitative estimate of drug-likeness (QED) is 0.0206. The molecule has 3 aliphatic rings. The lowest BCUT2D eigenvalue weighted by atomic mass is 9.98. The molecule has 4 heterocycles. The summed E-state index contributed by atoms with van der Waals surface area (Å²) in [5.74, 6) is -27.3. The summed E-state index contributed by atoms with van der Waals surface area (Å²) < 4.78 is 65.6. The SMILES string of the molecule is CCCC[C@H]1C(=O)N2CCC[C@@H]2C(=O)N[C@@H](CC(=O)O)C(=O)N[C@@H](C(C)C)C(=O)N(C)[C@@H](Cc2ccccc2)C(=O)N[C@@H](CCC(=O)O)C(=O)N2CCOC[C@@H]2C(=O)N[C@@H](Cc2c[nH]c3ccccc23)C(=O)N[C@@H](Cc2ccc(O)cc2)C(=O)N[C@@H](CCCCN)C(=O)N[C@H](C(=O)NCC(N)=O)CSCC(=O)N[C@@H](Cc2cc(F)c(F)c(F)c2)C(=O)N(C)[C@@H](Cc2ccc(F)cc2)C(=O)N1C. The number of nitrogens with zero attached hydrogens (tertiary/aromatic N) is 5. The van der Waals surface area contributed by atoms with Crippen molar-refractivity contribution in [2.75, 3.05) is 72.0 Å². The number of fused-ring (bicyclic) bond motifs is 3. The molecule has 3 fully saturated rings. The van der Waals surface area contributed by atoms with Gasteiger partial charge >= 0.3 is 11.9 Å². The maximum Gasteiger partial charge on any atom is 0.305 e. The summed E-state index contributed by atoms with van der Waals surface area (Å²) in [6, 6.07) is 3.90. The van der Waals surface area contributed by atoms with Gasteiger partial charge in [-0.3, -0.25) is 81.5 Å². The molecule has 15 amide bonds. The van der Waals surface area contributed by atoms with Crippen molar-refractivity contribution < 1.29 is 119 Å². The van der Waals surface area contributed by atoms with E-state index in [1.165, 1.54) is 64.3 Å². The topological polar surface area (TPSA) is 552 Å². The molecule has 0 radical (unpaired) electrons. The lowest BCUT2D eigenvalue weighted by Crippen LogP contribution is -2.64. The van der Waals surface area contributed by atoms with Crippen LogP contribution in [0.4, 0.5) is 17.6 Å². The number of carboxylic acid groups (broad SMARTS) is 2. The average molecular weight is 1920 g/mol. The van der Waals surface area contributed by atoms with Gasteiger partial charge in [0, 0.05) is 95.6 Å². The Balaban J connectivity index is 1.15. The summed E-state index contributed by atoms with van der Waals surface area (Å²) in [6.07, 6.45) is -2.64. The van der Waals surface area contributed by atoms with Crippen molar-refractivity contribution in [1.29, 1.82) is 0 Å². The van der Waals surface area contributed by atoms with Crippen molar-refractivity contribution in [3.8, 4) is 5.75 Å². The number of aromatic nitrogens is 1. The molecule has 6 aromatic rings. The van der Waals surface area contributed by atoms with Crippen LogP contribution in [0.15, 0.2) is 121 Å². The van der Waals surface area contributed by atoms with Gasteiger partial charge in [-0.05, 0) is 128 Å². The normalized spacial score (nSPS) is 23.4. The van der Waals surface area contributed by atoms with Crippen LogP contribution in [0, 0.1) is 29.2 Å². The Morgan fingerprint density at radius 3 is 1.76 bits per heavy atom. The molecule has 9 rings (SSSR count). The zero-order chi connectivity index (χ0) is 99.3. The van der Waals surface area contributed by atoms with Gasteiger partial charge in [0.1, 0.15) is 90.1 Å². The molecule has 3 aliphatic heterocycles. The summed E-state index contributed by atoms with van der Waals surface area (Å²) in [7, 11) is 3.54. The number of phenolic OH excluding ortho intramolecular Hbond substituents is 1. The largest absolute Gasteiger partial charge is 0.508 e. The maximum absolute atomic E-state index is 15.7. The Morgan fingerprint density at radius 2 is 1.10 bits per heavy atom. The monoisotopic (exact) mass is 1920 g/mol. The van der Waals surface area contributed by atoms with Crippen LogP contribution in [0.5, 0.6) is 5.75 Å². The van der Waals surface area contributed by atoms with Crippen LogP contribution in [0.2, 0.25) is 0 Å². The molecule has 1 aromatic heterocycles. The number of ether oxygens (including phenoxy) is 1. The van der Waals surface area contributed by atoms with Crippen molar-refractivity contribution >= 4 is 123 Å². The van der Waals surface area contributed by atoms with E-state index in [0.717, 1.165) is 43.7 Å². The first kappa shape index (κ1) is 106. The zero-order valence-corrected chi connectivity index (χ0v) is 76.9. The van der Waals surface area contributed by atoms with Crippen molar-refractivity contribution in [3.05, 3.63) is 173 Å². The molecule has 43 heteroatoms. The Labute approximate surface area is 785 Å². The minimum Gasteiger partial charge on any atom is -0.508 e. The van der Waals surface area contributed by atoms with Crippen LogP contribution in [0.3, 0.4) is 0 Å². The van der Waals surface area contributed by atoms with Gasteiger partial charge in [0.25, 0.3) is 0 Å². The number of nitrogens with two attached hydrogens (primary N) is 2. The number of aliphatic carboxylic acids is 2. The molecule has 3 saturated heterocycles. The maximum atomic E-state index is 15.7. The number of benzene rings is 5. The fourth-order valence-corrected chi connectivity index (χ4v) is 17.2. The minimum absolute atomic E-state index is 0.0705. The number of aromatic amines is 1. The van der Waals surface area contributed by atoms with Crippen molar-refractivity contribution in [1.82, 2.24) is 77.3 Å². The third kappa shape index (κ3) is 29.7. The number of hydrogen-bond donors (Lipinski definition) is 15. The number of morpholine rings is 1. The number of para-hydroxylation sites is 1. The number of hydrogen-bond acceptors (Lipinski definition) is 21. The van der Waals surface area contributed by atoms with Crippen LogP contribution in [0.1, 0.15) is 119 Å². The molecule has 38 nitrogen and oxygen atoms in total. The minimum atomic E-state index is -2.00. The molecular weight excluding hydrogens is 1800 g/mol. The van der Waals surface area contributed by atoms with Gasteiger partial charge < -0.3 is 109 Å². The van der Waals surface area contributed by atoms with Crippen molar-refractivity contribution in [3.63, 3.8) is 0 Å². The van der Waals surface area contributed by atoms with Crippen LogP contribution in [0.25, 0.3) is 10.9 Å². The number of rotatable bonds is 26. The number of primary amides is 1. The molecule has 17 N–H and O–H groups in total. The Bertz CT molecular complexity index is 5270. The molecule has 734 valence electrons. The molecule has 13 atom stereocenters. The van der Waals surface area contributed by atoms with E-state index in [1.54, 1.807) is 67.7 Å². The number of carbonyl (C=O) groups excluding carboxylic acids is 15. The number of nitrogens with one attached hydrogen (secondary N) is 10. The number of aromatic hydroxyl groups is 1. The highest BCUT2D eigenvalue weighted by Crippen LogP contribution is 2.28. The van der Waals surface area contributed by atoms with Gasteiger partial charge in [-0.1, -0.05) is 106 Å². The molecule has 0 aliphatic carbocycles. The lowest BCUT2D eigenvalue weighted by Gasteiger charge is -2.38. The van der Waals surface area contributed by atoms with Crippen molar-refractivity contribution in [2.24, 2.45) is 17.4 Å². The van der Waals surface area contributed by atoms with Gasteiger partial charge in [0.15, 0.2) is 17.5 Å². The molecule has 0 unspecified atom stereocenters. The molecule has 0 spiro atoms. The number of phenols is 1. The highest BCUT2D eigenvalue weighted by molar-refractivity contribution is 8.00. The summed E-state index contributed by atoms with van der Waals surface area (Å²) in [6.45, 7) is 2.70. The van der Waals surface area contributed by atoms with Gasteiger partial charge in [0.05, 0.1) is 31.9 Å². The fourth-order valence-electron chi connectivity index (χ4n) is 16.3. The van der Waals surface area contributed by atoms with E-state index in [-0.39, 0.29) is 95.3 Å². The second kappa shape index (κ2) is 50.7. The average Bonchev–Trinajstić information content (AvgIpc) is 1.38. The first-order chi connectivity index (χ1) is 64.7. The van der Waals surface area contributed by atoms with Crippen molar-refractivity contribution in [2.45, 2.75) is 202 Å². The standard InChI is InChI=1S/C93H117F4N17O21S/c1-7-8-22-71-92(133)113-35-16-23-70(113)86(127)107-67(45-78(120)121)85(126)109-80(51(2)3)93(134)111(5)72(42-52-17-10-9-11-18-52)87(128)104-64(32-33-77(118)119)90(131)114-36-37-135-48-74(114)88(129)106-66(44-56-46-100-62-20-13-12-19-59(56)62)84(125)105-65(40-53-26-30-58(115)31-27-53)83(124)103-63(21-14-15-34-98)82(123)108-69(81(122)101-47-75(99)116)49-136-50-76(117)102-68(41-55-38-60(95)79(97)61(96)39-55)89(130)112(6)73(91(132)110(71)4)43-54-24-28-57(94)29-25-54/h9-13,17-20,24-31,38-39,46,51,63-74,80,100,115H,7-8,14-16,21-23,32-37,40-45,47-50,98H2,1-6H3,(H2,99,116)(H,101,122)(H,102,117)(H,103,124)(H,104,128)(H,105,125)(H,106,129)(H,107,127)(H,108,123)(H,109,126)(H,118,119)(H,120,121)/t63-,64-,65-,66-,67-,68-,69-,70+,71-,72-,73-,74+,80-/m0/s1. The van der Waals surface area contributed by atoms with Crippen LogP contribution in [-0.2, 0) is 118 Å². The van der Waals surface area contributed by atoms with E-state index >= 15 is 56.7 Å². The van der Waals surface area contributed by atoms with Crippen LogP contribution in [-0.4, -0.2) is 296 Å². The smallest absolute Gasteiger partial charge is 0.305 e. The van der Waals surface area contributed by atoms with Crippen LogP contribution < -0.4 is 59.3 Å². The highest BCUT2D eigenvalue weighted by Gasteiger charge is 2.46.